The van der Waals surface area contributed by atoms with Crippen LogP contribution in [-0.2, 0) is 0 Å². The normalized spacial score (nSPS) is 11.6. The lowest BCUT2D eigenvalue weighted by Gasteiger charge is -2.17. The Bertz CT molecular complexity index is 618. The van der Waals surface area contributed by atoms with Gasteiger partial charge in [-0.25, -0.2) is 4.98 Å². The summed E-state index contributed by atoms with van der Waals surface area (Å²) in [4.78, 5) is 8.47. The van der Waals surface area contributed by atoms with E-state index in [-0.39, 0.29) is 6.04 Å². The number of aryl methyl sites for hydroxylation is 1. The molecule has 110 valence electrons. The van der Waals surface area contributed by atoms with Gasteiger partial charge in [0, 0.05) is 11.8 Å². The van der Waals surface area contributed by atoms with E-state index in [0.717, 1.165) is 11.3 Å². The Balaban J connectivity index is 2.00. The highest BCUT2D eigenvalue weighted by atomic mass is 32.1. The van der Waals surface area contributed by atoms with Gasteiger partial charge in [-0.15, -0.1) is 0 Å². The Hall–Kier alpha value is -2.21. The number of anilines is 1. The molecule has 0 saturated carbocycles. The maximum Gasteiger partial charge on any atom is 0.232 e. The van der Waals surface area contributed by atoms with Gasteiger partial charge in [0.2, 0.25) is 11.8 Å². The van der Waals surface area contributed by atoms with Crippen LogP contribution in [0.5, 0.6) is 5.88 Å². The Morgan fingerprint density at radius 1 is 1.24 bits per heavy atom. The Kier molecular flexibility index (Phi) is 5.05. The average Bonchev–Trinajstić information content (AvgIpc) is 2.47. The van der Waals surface area contributed by atoms with E-state index in [1.165, 1.54) is 0 Å². The number of rotatable bonds is 4. The first-order valence-electron chi connectivity index (χ1n) is 6.60. The zero-order chi connectivity index (χ0) is 15.2. The second-order valence-corrected chi connectivity index (χ2v) is 5.01. The fraction of sp³-hybridized carbons (Fsp3) is 0.267. The fourth-order valence-corrected chi connectivity index (χ4v) is 2.13. The second kappa shape index (κ2) is 6.99. The first-order chi connectivity index (χ1) is 10.1. The summed E-state index contributed by atoms with van der Waals surface area (Å²) < 4.78 is 5.11. The van der Waals surface area contributed by atoms with Gasteiger partial charge in [-0.1, -0.05) is 30.3 Å². The van der Waals surface area contributed by atoms with Crippen molar-refractivity contribution in [2.75, 3.05) is 12.4 Å². The van der Waals surface area contributed by atoms with Crippen molar-refractivity contribution in [3.63, 3.8) is 0 Å². The van der Waals surface area contributed by atoms with E-state index in [4.69, 9.17) is 17.0 Å². The summed E-state index contributed by atoms with van der Waals surface area (Å²) in [6.45, 7) is 3.92. The molecule has 2 rings (SSSR count). The number of hydrogen-bond donors (Lipinski definition) is 2. The molecular formula is C15H18N4OS. The Labute approximate surface area is 129 Å². The van der Waals surface area contributed by atoms with Crippen molar-refractivity contribution in [2.45, 2.75) is 19.9 Å². The summed E-state index contributed by atoms with van der Waals surface area (Å²) in [5, 5.41) is 6.65. The van der Waals surface area contributed by atoms with Crippen LogP contribution in [0.3, 0.4) is 0 Å². The molecule has 6 heteroatoms. The van der Waals surface area contributed by atoms with E-state index >= 15 is 0 Å². The van der Waals surface area contributed by atoms with Crippen LogP contribution in [-0.4, -0.2) is 22.2 Å². The van der Waals surface area contributed by atoms with Crippen molar-refractivity contribution < 1.29 is 4.74 Å². The van der Waals surface area contributed by atoms with Gasteiger partial charge in [0.25, 0.3) is 0 Å². The molecule has 0 spiro atoms. The molecule has 1 atom stereocenters. The molecule has 0 radical (unpaired) electrons. The van der Waals surface area contributed by atoms with Crippen LogP contribution in [0.2, 0.25) is 0 Å². The number of thiocarbonyl (C=S) groups is 1. The van der Waals surface area contributed by atoms with Crippen LogP contribution in [0, 0.1) is 6.92 Å². The van der Waals surface area contributed by atoms with Gasteiger partial charge >= 0.3 is 0 Å². The van der Waals surface area contributed by atoms with Crippen molar-refractivity contribution in [3.05, 3.63) is 47.7 Å². The summed E-state index contributed by atoms with van der Waals surface area (Å²) in [5.41, 5.74) is 1.97. The van der Waals surface area contributed by atoms with Crippen LogP contribution < -0.4 is 15.4 Å². The average molecular weight is 302 g/mol. The third-order valence-electron chi connectivity index (χ3n) is 2.91. The molecule has 1 heterocycles. The van der Waals surface area contributed by atoms with Crippen molar-refractivity contribution in [1.82, 2.24) is 15.3 Å². The monoisotopic (exact) mass is 302 g/mol. The topological polar surface area (TPSA) is 59.1 Å². The van der Waals surface area contributed by atoms with Crippen LogP contribution in [0.1, 0.15) is 24.2 Å². The van der Waals surface area contributed by atoms with Gasteiger partial charge in [0.1, 0.15) is 0 Å². The molecule has 0 fully saturated rings. The van der Waals surface area contributed by atoms with E-state index < -0.39 is 0 Å². The van der Waals surface area contributed by atoms with E-state index in [1.807, 2.05) is 44.2 Å². The number of ether oxygens (including phenoxy) is 1. The summed E-state index contributed by atoms with van der Waals surface area (Å²) in [7, 11) is 1.57. The summed E-state index contributed by atoms with van der Waals surface area (Å²) >= 11 is 5.29. The maximum absolute atomic E-state index is 5.29. The number of benzene rings is 1. The zero-order valence-electron chi connectivity index (χ0n) is 12.3. The SMILES string of the molecule is COc1cc(C)nc(NC(=S)N[C@@H](C)c2ccccc2)n1. The molecule has 2 aromatic rings. The predicted molar refractivity (Wildman–Crippen MR) is 87.5 cm³/mol. The standard InChI is InChI=1S/C15H18N4OS/c1-10-9-13(20-3)18-14(16-10)19-15(21)17-11(2)12-7-5-4-6-8-12/h4-9,11H,1-3H3,(H2,16,17,18,19,21)/t11-/m0/s1. The van der Waals surface area contributed by atoms with E-state index in [2.05, 4.69) is 20.6 Å². The molecule has 0 saturated heterocycles. The van der Waals surface area contributed by atoms with E-state index in [9.17, 15) is 0 Å². The van der Waals surface area contributed by atoms with E-state index in [0.29, 0.717) is 16.9 Å². The number of methoxy groups -OCH3 is 1. The fourth-order valence-electron chi connectivity index (χ4n) is 1.86. The largest absolute Gasteiger partial charge is 0.481 e. The molecule has 0 aliphatic carbocycles. The summed E-state index contributed by atoms with van der Waals surface area (Å²) in [6.07, 6.45) is 0. The number of aromatic nitrogens is 2. The first kappa shape index (κ1) is 15.2. The lowest BCUT2D eigenvalue weighted by molar-refractivity contribution is 0.397. The molecule has 0 bridgehead atoms. The van der Waals surface area contributed by atoms with Gasteiger partial charge < -0.3 is 15.4 Å². The third kappa shape index (κ3) is 4.39. The highest BCUT2D eigenvalue weighted by molar-refractivity contribution is 7.80. The quantitative estimate of drug-likeness (QED) is 0.847. The zero-order valence-corrected chi connectivity index (χ0v) is 13.1. The number of nitrogens with one attached hydrogen (secondary N) is 2. The lowest BCUT2D eigenvalue weighted by atomic mass is 10.1. The minimum atomic E-state index is 0.0953. The Morgan fingerprint density at radius 3 is 2.62 bits per heavy atom. The van der Waals surface area contributed by atoms with Crippen molar-refractivity contribution in [1.29, 1.82) is 0 Å². The molecule has 0 aliphatic rings. The van der Waals surface area contributed by atoms with Crippen molar-refractivity contribution in [2.24, 2.45) is 0 Å². The first-order valence-corrected chi connectivity index (χ1v) is 7.01. The summed E-state index contributed by atoms with van der Waals surface area (Å²) in [5.74, 6) is 0.925. The number of nitrogens with zero attached hydrogens (tertiary/aromatic N) is 2. The van der Waals surface area contributed by atoms with Crippen LogP contribution in [0.4, 0.5) is 5.95 Å². The lowest BCUT2D eigenvalue weighted by Crippen LogP contribution is -2.31. The van der Waals surface area contributed by atoms with E-state index in [1.54, 1.807) is 13.2 Å². The van der Waals surface area contributed by atoms with Crippen LogP contribution in [0.25, 0.3) is 0 Å². The smallest absolute Gasteiger partial charge is 0.232 e. The highest BCUT2D eigenvalue weighted by Gasteiger charge is 2.08. The van der Waals surface area contributed by atoms with Crippen molar-refractivity contribution in [3.8, 4) is 5.88 Å². The molecule has 2 N–H and O–H groups in total. The molecule has 5 nitrogen and oxygen atoms in total. The summed E-state index contributed by atoms with van der Waals surface area (Å²) in [6, 6.07) is 11.9. The van der Waals surface area contributed by atoms with Gasteiger partial charge in [-0.3, -0.25) is 0 Å². The number of hydrogen-bond acceptors (Lipinski definition) is 4. The minimum absolute atomic E-state index is 0.0953. The minimum Gasteiger partial charge on any atom is -0.481 e. The van der Waals surface area contributed by atoms with Gasteiger partial charge in [0.15, 0.2) is 5.11 Å². The predicted octanol–water partition coefficient (Wildman–Crippen LogP) is 2.84. The molecule has 0 unspecified atom stereocenters. The second-order valence-electron chi connectivity index (χ2n) is 4.61. The maximum atomic E-state index is 5.29. The van der Waals surface area contributed by atoms with Crippen molar-refractivity contribution >= 4 is 23.3 Å². The molecule has 1 aromatic carbocycles. The van der Waals surface area contributed by atoms with Gasteiger partial charge in [-0.2, -0.15) is 4.98 Å². The molecule has 1 aromatic heterocycles. The van der Waals surface area contributed by atoms with Crippen LogP contribution >= 0.6 is 12.2 Å². The van der Waals surface area contributed by atoms with Gasteiger partial charge in [-0.05, 0) is 31.6 Å². The molecule has 0 aliphatic heterocycles. The van der Waals surface area contributed by atoms with Gasteiger partial charge in [0.05, 0.1) is 13.2 Å². The Morgan fingerprint density at radius 2 is 1.95 bits per heavy atom. The highest BCUT2D eigenvalue weighted by Crippen LogP contribution is 2.13. The van der Waals surface area contributed by atoms with Crippen LogP contribution in [0.15, 0.2) is 36.4 Å². The molecule has 21 heavy (non-hydrogen) atoms. The molecular weight excluding hydrogens is 284 g/mol. The third-order valence-corrected chi connectivity index (χ3v) is 3.13. The molecule has 0 amide bonds.